The normalized spacial score (nSPS) is 11.9. The van der Waals surface area contributed by atoms with Crippen LogP contribution in [-0.2, 0) is 6.42 Å². The molecule has 0 bridgehead atoms. The number of thiophene rings is 1. The molecule has 1 atom stereocenters. The summed E-state index contributed by atoms with van der Waals surface area (Å²) in [6.07, 6.45) is 0.996. The Morgan fingerprint density at radius 1 is 1.08 bits per heavy atom. The van der Waals surface area contributed by atoms with Gasteiger partial charge in [0.05, 0.1) is 16.6 Å². The van der Waals surface area contributed by atoms with Gasteiger partial charge < -0.3 is 5.32 Å². The third-order valence-corrected chi connectivity index (χ3v) is 5.21. The van der Waals surface area contributed by atoms with Gasteiger partial charge in [-0.1, -0.05) is 61.0 Å². The molecule has 0 radical (unpaired) electrons. The van der Waals surface area contributed by atoms with Gasteiger partial charge in [-0.25, -0.2) is 0 Å². The van der Waals surface area contributed by atoms with Gasteiger partial charge >= 0.3 is 0 Å². The highest BCUT2D eigenvalue weighted by Gasteiger charge is 2.20. The van der Waals surface area contributed by atoms with Crippen molar-refractivity contribution in [3.63, 3.8) is 0 Å². The highest BCUT2D eigenvalue weighted by atomic mass is 35.5. The highest BCUT2D eigenvalue weighted by Crippen LogP contribution is 2.27. The maximum atomic E-state index is 12.7. The van der Waals surface area contributed by atoms with Crippen molar-refractivity contribution in [1.29, 1.82) is 0 Å². The summed E-state index contributed by atoms with van der Waals surface area (Å²) in [7, 11) is 0. The van der Waals surface area contributed by atoms with E-state index in [0.29, 0.717) is 10.6 Å². The van der Waals surface area contributed by atoms with Crippen molar-refractivity contribution in [2.75, 3.05) is 0 Å². The molecule has 24 heavy (non-hydrogen) atoms. The Bertz CT molecular complexity index is 812. The molecule has 0 fully saturated rings. The Balaban J connectivity index is 1.91. The summed E-state index contributed by atoms with van der Waals surface area (Å²) in [4.78, 5) is 13.8. The van der Waals surface area contributed by atoms with E-state index in [2.05, 4.69) is 36.5 Å². The predicted octanol–water partition coefficient (Wildman–Crippen LogP) is 5.48. The fraction of sp³-hybridized carbons (Fsp3) is 0.150. The lowest BCUT2D eigenvalue weighted by molar-refractivity contribution is 0.0943. The Morgan fingerprint density at radius 3 is 2.46 bits per heavy atom. The molecule has 0 spiro atoms. The van der Waals surface area contributed by atoms with Gasteiger partial charge in [0.1, 0.15) is 0 Å². The van der Waals surface area contributed by atoms with Gasteiger partial charge in [-0.05, 0) is 41.1 Å². The van der Waals surface area contributed by atoms with E-state index in [9.17, 15) is 4.79 Å². The van der Waals surface area contributed by atoms with Crippen LogP contribution in [0.1, 0.15) is 39.3 Å². The van der Waals surface area contributed by atoms with Gasteiger partial charge in [-0.3, -0.25) is 4.79 Å². The summed E-state index contributed by atoms with van der Waals surface area (Å²) in [5.74, 6) is -0.168. The minimum atomic E-state index is -0.181. The van der Waals surface area contributed by atoms with Crippen molar-refractivity contribution in [3.05, 3.63) is 92.6 Å². The first-order chi connectivity index (χ1) is 11.7. The number of hydrogen-bond acceptors (Lipinski definition) is 2. The SMILES string of the molecule is CCc1ccc(C(NC(=O)c2ccccc2Cl)c2cccs2)cc1. The second kappa shape index (κ2) is 7.65. The van der Waals surface area contributed by atoms with Crippen molar-refractivity contribution in [3.8, 4) is 0 Å². The number of carbonyl (C=O) groups is 1. The van der Waals surface area contributed by atoms with Gasteiger partial charge in [0.15, 0.2) is 0 Å². The van der Waals surface area contributed by atoms with Crippen LogP contribution in [0, 0.1) is 0 Å². The molecule has 122 valence electrons. The third kappa shape index (κ3) is 3.69. The molecule has 1 aromatic heterocycles. The molecule has 0 saturated carbocycles. The average Bonchev–Trinajstić information content (AvgIpc) is 3.14. The first kappa shape index (κ1) is 16.7. The number of halogens is 1. The lowest BCUT2D eigenvalue weighted by Crippen LogP contribution is -2.29. The van der Waals surface area contributed by atoms with E-state index in [0.717, 1.165) is 16.9 Å². The maximum absolute atomic E-state index is 12.7. The zero-order chi connectivity index (χ0) is 16.9. The molecule has 1 unspecified atom stereocenters. The molecular weight excluding hydrogens is 338 g/mol. The number of hydrogen-bond donors (Lipinski definition) is 1. The Hall–Kier alpha value is -2.10. The minimum Gasteiger partial charge on any atom is -0.340 e. The predicted molar refractivity (Wildman–Crippen MR) is 101 cm³/mol. The molecular formula is C20H18ClNOS. The minimum absolute atomic E-state index is 0.168. The quantitative estimate of drug-likeness (QED) is 0.644. The second-order valence-electron chi connectivity index (χ2n) is 5.50. The first-order valence-electron chi connectivity index (χ1n) is 7.86. The van der Waals surface area contributed by atoms with Crippen LogP contribution in [-0.4, -0.2) is 5.91 Å². The third-order valence-electron chi connectivity index (χ3n) is 3.94. The second-order valence-corrected chi connectivity index (χ2v) is 6.88. The van der Waals surface area contributed by atoms with Crippen molar-refractivity contribution >= 4 is 28.8 Å². The van der Waals surface area contributed by atoms with E-state index in [4.69, 9.17) is 11.6 Å². The number of carbonyl (C=O) groups excluding carboxylic acids is 1. The molecule has 2 aromatic carbocycles. The summed E-state index contributed by atoms with van der Waals surface area (Å²) < 4.78 is 0. The number of benzene rings is 2. The van der Waals surface area contributed by atoms with E-state index in [1.165, 1.54) is 5.56 Å². The summed E-state index contributed by atoms with van der Waals surface area (Å²) >= 11 is 7.78. The smallest absolute Gasteiger partial charge is 0.253 e. The summed E-state index contributed by atoms with van der Waals surface area (Å²) in [6.45, 7) is 2.13. The zero-order valence-corrected chi connectivity index (χ0v) is 14.9. The Kier molecular flexibility index (Phi) is 5.34. The molecule has 1 N–H and O–H groups in total. The topological polar surface area (TPSA) is 29.1 Å². The van der Waals surface area contributed by atoms with Crippen molar-refractivity contribution in [2.45, 2.75) is 19.4 Å². The molecule has 3 aromatic rings. The maximum Gasteiger partial charge on any atom is 0.253 e. The van der Waals surface area contributed by atoms with Crippen LogP contribution in [0.15, 0.2) is 66.0 Å². The molecule has 2 nitrogen and oxygen atoms in total. The van der Waals surface area contributed by atoms with E-state index in [1.54, 1.807) is 23.5 Å². The van der Waals surface area contributed by atoms with Crippen LogP contribution < -0.4 is 5.32 Å². The summed E-state index contributed by atoms with van der Waals surface area (Å²) in [6, 6.07) is 19.3. The van der Waals surface area contributed by atoms with Crippen LogP contribution in [0.2, 0.25) is 5.02 Å². The van der Waals surface area contributed by atoms with Crippen molar-refractivity contribution in [1.82, 2.24) is 5.32 Å². The number of rotatable bonds is 5. The number of aryl methyl sites for hydroxylation is 1. The molecule has 1 heterocycles. The highest BCUT2D eigenvalue weighted by molar-refractivity contribution is 7.10. The fourth-order valence-electron chi connectivity index (χ4n) is 2.57. The lowest BCUT2D eigenvalue weighted by Gasteiger charge is -2.19. The molecule has 3 rings (SSSR count). The molecule has 4 heteroatoms. The molecule has 0 aliphatic heterocycles. The van der Waals surface area contributed by atoms with Crippen LogP contribution in [0.5, 0.6) is 0 Å². The number of nitrogens with one attached hydrogen (secondary N) is 1. The van der Waals surface area contributed by atoms with Gasteiger partial charge in [0.2, 0.25) is 0 Å². The van der Waals surface area contributed by atoms with Gasteiger partial charge in [-0.15, -0.1) is 11.3 Å². The lowest BCUT2D eigenvalue weighted by atomic mass is 10.0. The van der Waals surface area contributed by atoms with Crippen LogP contribution in [0.4, 0.5) is 0 Å². The molecule has 1 amide bonds. The Morgan fingerprint density at radius 2 is 1.83 bits per heavy atom. The first-order valence-corrected chi connectivity index (χ1v) is 9.12. The summed E-state index contributed by atoms with van der Waals surface area (Å²) in [5, 5.41) is 5.60. The van der Waals surface area contributed by atoms with E-state index < -0.39 is 0 Å². The van der Waals surface area contributed by atoms with Crippen molar-refractivity contribution in [2.24, 2.45) is 0 Å². The largest absolute Gasteiger partial charge is 0.340 e. The van der Waals surface area contributed by atoms with E-state index in [1.807, 2.05) is 29.6 Å². The van der Waals surface area contributed by atoms with Gasteiger partial charge in [0, 0.05) is 4.88 Å². The van der Waals surface area contributed by atoms with Gasteiger partial charge in [-0.2, -0.15) is 0 Å². The van der Waals surface area contributed by atoms with Gasteiger partial charge in [0.25, 0.3) is 5.91 Å². The summed E-state index contributed by atoms with van der Waals surface area (Å²) in [5.41, 5.74) is 2.84. The monoisotopic (exact) mass is 355 g/mol. The Labute approximate surface area is 151 Å². The van der Waals surface area contributed by atoms with E-state index in [-0.39, 0.29) is 11.9 Å². The molecule has 0 aliphatic carbocycles. The fourth-order valence-corrected chi connectivity index (χ4v) is 3.60. The molecule has 0 saturated heterocycles. The van der Waals surface area contributed by atoms with Crippen LogP contribution in [0.3, 0.4) is 0 Å². The average molecular weight is 356 g/mol. The van der Waals surface area contributed by atoms with Crippen LogP contribution >= 0.6 is 22.9 Å². The standard InChI is InChI=1S/C20H18ClNOS/c1-2-14-9-11-15(12-10-14)19(18-8-5-13-24-18)22-20(23)16-6-3-4-7-17(16)21/h3-13,19H,2H2,1H3,(H,22,23). The van der Waals surface area contributed by atoms with Crippen molar-refractivity contribution < 1.29 is 4.79 Å². The number of amides is 1. The molecule has 0 aliphatic rings. The van der Waals surface area contributed by atoms with Crippen LogP contribution in [0.25, 0.3) is 0 Å². The zero-order valence-electron chi connectivity index (χ0n) is 13.3. The van der Waals surface area contributed by atoms with E-state index >= 15 is 0 Å².